The van der Waals surface area contributed by atoms with Gasteiger partial charge in [-0.25, -0.2) is 4.98 Å². The molecule has 0 spiro atoms. The van der Waals surface area contributed by atoms with Crippen LogP contribution in [0.3, 0.4) is 0 Å². The Morgan fingerprint density at radius 2 is 2.00 bits per heavy atom. The lowest BCUT2D eigenvalue weighted by atomic mass is 10.1. The standard InChI is InChI=1S/C17H13N3O2S/c18-11-6-7-14-12(8-11)19-16(21)15(22-14)13-9-23-17(20-13)10-4-2-1-3-5-10/h1-9,15H,18H2,(H,19,21). The molecule has 0 saturated carbocycles. The second kappa shape index (κ2) is 5.40. The van der Waals surface area contributed by atoms with E-state index in [9.17, 15) is 4.79 Å². The van der Waals surface area contributed by atoms with E-state index in [4.69, 9.17) is 10.5 Å². The van der Waals surface area contributed by atoms with Gasteiger partial charge in [-0.1, -0.05) is 30.3 Å². The van der Waals surface area contributed by atoms with Crippen LogP contribution in [0.4, 0.5) is 11.4 Å². The molecule has 1 amide bonds. The minimum absolute atomic E-state index is 0.243. The first-order valence-electron chi connectivity index (χ1n) is 7.08. The van der Waals surface area contributed by atoms with Gasteiger partial charge in [0, 0.05) is 16.6 Å². The molecule has 0 fully saturated rings. The van der Waals surface area contributed by atoms with E-state index in [-0.39, 0.29) is 5.91 Å². The molecular formula is C17H13N3O2S. The van der Waals surface area contributed by atoms with Crippen molar-refractivity contribution in [1.82, 2.24) is 4.98 Å². The summed E-state index contributed by atoms with van der Waals surface area (Å²) in [6, 6.07) is 15.0. The van der Waals surface area contributed by atoms with Crippen molar-refractivity contribution < 1.29 is 9.53 Å². The van der Waals surface area contributed by atoms with E-state index in [2.05, 4.69) is 10.3 Å². The van der Waals surface area contributed by atoms with Crippen LogP contribution in [0.25, 0.3) is 10.6 Å². The van der Waals surface area contributed by atoms with Gasteiger partial charge in [0.05, 0.1) is 5.69 Å². The number of amides is 1. The lowest BCUT2D eigenvalue weighted by Crippen LogP contribution is -2.30. The number of hydrogen-bond acceptors (Lipinski definition) is 5. The molecule has 1 aliphatic rings. The van der Waals surface area contributed by atoms with E-state index in [1.165, 1.54) is 11.3 Å². The molecule has 114 valence electrons. The number of nitrogen functional groups attached to an aromatic ring is 1. The van der Waals surface area contributed by atoms with Crippen LogP contribution in [0.5, 0.6) is 5.75 Å². The Balaban J connectivity index is 1.65. The fraction of sp³-hybridized carbons (Fsp3) is 0.0588. The minimum Gasteiger partial charge on any atom is -0.472 e. The van der Waals surface area contributed by atoms with Gasteiger partial charge in [0.1, 0.15) is 16.5 Å². The monoisotopic (exact) mass is 323 g/mol. The van der Waals surface area contributed by atoms with Crippen molar-refractivity contribution in [1.29, 1.82) is 0 Å². The average molecular weight is 323 g/mol. The van der Waals surface area contributed by atoms with Crippen LogP contribution in [0, 0.1) is 0 Å². The van der Waals surface area contributed by atoms with E-state index >= 15 is 0 Å². The van der Waals surface area contributed by atoms with Crippen LogP contribution in [-0.4, -0.2) is 10.9 Å². The fourth-order valence-corrected chi connectivity index (χ4v) is 3.28. The SMILES string of the molecule is Nc1ccc2c(c1)NC(=O)C(c1csc(-c3ccccc3)n1)O2. The zero-order valence-electron chi connectivity index (χ0n) is 12.0. The number of hydrogen-bond donors (Lipinski definition) is 2. The van der Waals surface area contributed by atoms with Gasteiger partial charge < -0.3 is 15.8 Å². The molecule has 6 heteroatoms. The van der Waals surface area contributed by atoms with Crippen molar-refractivity contribution in [2.45, 2.75) is 6.10 Å². The van der Waals surface area contributed by atoms with Gasteiger partial charge in [-0.05, 0) is 18.2 Å². The van der Waals surface area contributed by atoms with Gasteiger partial charge >= 0.3 is 0 Å². The number of carbonyl (C=O) groups excluding carboxylic acids is 1. The predicted octanol–water partition coefficient (Wildman–Crippen LogP) is 3.46. The van der Waals surface area contributed by atoms with Crippen LogP contribution in [-0.2, 0) is 4.79 Å². The van der Waals surface area contributed by atoms with Crippen LogP contribution in [0.2, 0.25) is 0 Å². The third-order valence-corrected chi connectivity index (χ3v) is 4.47. The first kappa shape index (κ1) is 13.8. The Morgan fingerprint density at radius 1 is 1.17 bits per heavy atom. The maximum absolute atomic E-state index is 12.3. The summed E-state index contributed by atoms with van der Waals surface area (Å²) in [5, 5.41) is 5.54. The Morgan fingerprint density at radius 3 is 2.83 bits per heavy atom. The zero-order chi connectivity index (χ0) is 15.8. The number of nitrogens with zero attached hydrogens (tertiary/aromatic N) is 1. The number of thiazole rings is 1. The van der Waals surface area contributed by atoms with Crippen LogP contribution in [0.15, 0.2) is 53.9 Å². The molecule has 2 aromatic carbocycles. The molecular weight excluding hydrogens is 310 g/mol. The van der Waals surface area contributed by atoms with Gasteiger partial charge in [-0.2, -0.15) is 0 Å². The van der Waals surface area contributed by atoms with Crippen molar-refractivity contribution >= 4 is 28.6 Å². The van der Waals surface area contributed by atoms with E-state index in [1.54, 1.807) is 18.2 Å². The molecule has 0 bridgehead atoms. The van der Waals surface area contributed by atoms with Gasteiger partial charge in [-0.3, -0.25) is 4.79 Å². The molecule has 0 radical (unpaired) electrons. The summed E-state index contributed by atoms with van der Waals surface area (Å²) in [7, 11) is 0. The number of fused-ring (bicyclic) bond motifs is 1. The fourth-order valence-electron chi connectivity index (χ4n) is 2.44. The van der Waals surface area contributed by atoms with Gasteiger partial charge in [0.25, 0.3) is 5.91 Å². The summed E-state index contributed by atoms with van der Waals surface area (Å²) in [4.78, 5) is 16.9. The summed E-state index contributed by atoms with van der Waals surface area (Å²) in [5.74, 6) is 0.353. The molecule has 3 aromatic rings. The maximum Gasteiger partial charge on any atom is 0.271 e. The largest absolute Gasteiger partial charge is 0.472 e. The molecule has 4 rings (SSSR count). The third kappa shape index (κ3) is 2.53. The van der Waals surface area contributed by atoms with Crippen molar-refractivity contribution in [2.24, 2.45) is 0 Å². The average Bonchev–Trinajstić information content (AvgIpc) is 3.05. The molecule has 1 unspecified atom stereocenters. The third-order valence-electron chi connectivity index (χ3n) is 3.56. The number of nitrogens with two attached hydrogens (primary N) is 1. The van der Waals surface area contributed by atoms with Crippen molar-refractivity contribution in [3.05, 3.63) is 59.6 Å². The molecule has 0 aliphatic carbocycles. The highest BCUT2D eigenvalue weighted by Crippen LogP contribution is 2.37. The number of nitrogens with one attached hydrogen (secondary N) is 1. The number of ether oxygens (including phenoxy) is 1. The Kier molecular flexibility index (Phi) is 3.24. The lowest BCUT2D eigenvalue weighted by Gasteiger charge is -2.24. The van der Waals surface area contributed by atoms with Crippen LogP contribution >= 0.6 is 11.3 Å². The summed E-state index contributed by atoms with van der Waals surface area (Å²) < 4.78 is 5.81. The number of rotatable bonds is 2. The van der Waals surface area contributed by atoms with E-state index in [0.717, 1.165) is 10.6 Å². The normalized spacial score (nSPS) is 16.3. The van der Waals surface area contributed by atoms with E-state index in [1.807, 2.05) is 35.7 Å². The molecule has 1 atom stereocenters. The summed E-state index contributed by atoms with van der Waals surface area (Å²) >= 11 is 1.49. The predicted molar refractivity (Wildman–Crippen MR) is 90.4 cm³/mol. The van der Waals surface area contributed by atoms with E-state index in [0.29, 0.717) is 22.8 Å². The second-order valence-corrected chi connectivity index (χ2v) is 6.04. The molecule has 0 saturated heterocycles. The lowest BCUT2D eigenvalue weighted by molar-refractivity contribution is -0.123. The molecule has 5 nitrogen and oxygen atoms in total. The topological polar surface area (TPSA) is 77.2 Å². The molecule has 1 aliphatic heterocycles. The van der Waals surface area contributed by atoms with Gasteiger partial charge in [0.2, 0.25) is 6.10 Å². The maximum atomic E-state index is 12.3. The zero-order valence-corrected chi connectivity index (χ0v) is 12.8. The first-order valence-corrected chi connectivity index (χ1v) is 7.96. The minimum atomic E-state index is -0.750. The molecule has 3 N–H and O–H groups in total. The van der Waals surface area contributed by atoms with Crippen molar-refractivity contribution in [3.63, 3.8) is 0 Å². The summed E-state index contributed by atoms with van der Waals surface area (Å²) in [6.07, 6.45) is -0.750. The molecule has 1 aromatic heterocycles. The van der Waals surface area contributed by atoms with Crippen molar-refractivity contribution in [3.8, 4) is 16.3 Å². The number of carbonyl (C=O) groups is 1. The highest BCUT2D eigenvalue weighted by atomic mass is 32.1. The van der Waals surface area contributed by atoms with Gasteiger partial charge in [0.15, 0.2) is 0 Å². The quantitative estimate of drug-likeness (QED) is 0.708. The smallest absolute Gasteiger partial charge is 0.271 e. The van der Waals surface area contributed by atoms with Crippen molar-refractivity contribution in [2.75, 3.05) is 11.1 Å². The Bertz CT molecular complexity index is 877. The Labute approximate surface area is 136 Å². The van der Waals surface area contributed by atoms with Crippen LogP contribution in [0.1, 0.15) is 11.8 Å². The molecule has 2 heterocycles. The summed E-state index contributed by atoms with van der Waals surface area (Å²) in [5.41, 5.74) is 8.51. The number of anilines is 2. The number of aromatic nitrogens is 1. The second-order valence-electron chi connectivity index (χ2n) is 5.19. The molecule has 23 heavy (non-hydrogen) atoms. The van der Waals surface area contributed by atoms with Crippen LogP contribution < -0.4 is 15.8 Å². The van der Waals surface area contributed by atoms with Gasteiger partial charge in [-0.15, -0.1) is 11.3 Å². The number of benzene rings is 2. The highest BCUT2D eigenvalue weighted by molar-refractivity contribution is 7.13. The van der Waals surface area contributed by atoms with E-state index < -0.39 is 6.10 Å². The first-order chi connectivity index (χ1) is 11.2. The highest BCUT2D eigenvalue weighted by Gasteiger charge is 2.31. The summed E-state index contributed by atoms with van der Waals surface area (Å²) in [6.45, 7) is 0. The Hall–Kier alpha value is -2.86.